The molecule has 0 aromatic heterocycles. The van der Waals surface area contributed by atoms with Gasteiger partial charge in [0.05, 0.1) is 6.61 Å². The molecule has 1 aromatic carbocycles. The molecule has 5 N–H and O–H groups in total. The monoisotopic (exact) mass is 273 g/mol. The number of anilines is 1. The highest BCUT2D eigenvalue weighted by Crippen LogP contribution is 2.16. The van der Waals surface area contributed by atoms with Gasteiger partial charge in [-0.1, -0.05) is 0 Å². The van der Waals surface area contributed by atoms with E-state index in [1.807, 2.05) is 0 Å². The van der Waals surface area contributed by atoms with Gasteiger partial charge in [-0.15, -0.1) is 0 Å². The lowest BCUT2D eigenvalue weighted by Crippen LogP contribution is -2.29. The second kappa shape index (κ2) is 6.64. The Kier molecular flexibility index (Phi) is 5.19. The highest BCUT2D eigenvalue weighted by Gasteiger charge is 2.12. The minimum absolute atomic E-state index is 0.0502. The Morgan fingerprint density at radius 1 is 1.26 bits per heavy atom. The number of rotatable bonds is 6. The number of benzene rings is 1. The van der Waals surface area contributed by atoms with E-state index in [9.17, 15) is 18.4 Å². The summed E-state index contributed by atoms with van der Waals surface area (Å²) in [4.78, 5) is 21.9. The van der Waals surface area contributed by atoms with Crippen LogP contribution in [-0.4, -0.2) is 31.6 Å². The van der Waals surface area contributed by atoms with E-state index in [1.54, 1.807) is 0 Å². The molecular weight excluding hydrogens is 260 g/mol. The molecule has 0 bridgehead atoms. The van der Waals surface area contributed by atoms with Crippen LogP contribution in [0.1, 0.15) is 10.4 Å². The molecule has 0 radical (unpaired) electrons. The van der Waals surface area contributed by atoms with E-state index in [4.69, 9.17) is 16.2 Å². The molecule has 0 aliphatic heterocycles. The zero-order valence-electron chi connectivity index (χ0n) is 9.91. The predicted octanol–water partition coefficient (Wildman–Crippen LogP) is -0.221. The Morgan fingerprint density at radius 3 is 2.37 bits per heavy atom. The fourth-order valence-corrected chi connectivity index (χ4v) is 1.23. The molecule has 8 heteroatoms. The summed E-state index contributed by atoms with van der Waals surface area (Å²) in [6.07, 6.45) is 0. The number of carbonyl (C=O) groups is 2. The molecule has 0 atom stereocenters. The third-order valence-electron chi connectivity index (χ3n) is 2.12. The zero-order chi connectivity index (χ0) is 14.4. The fourth-order valence-electron chi connectivity index (χ4n) is 1.23. The van der Waals surface area contributed by atoms with Crippen LogP contribution in [0.25, 0.3) is 0 Å². The van der Waals surface area contributed by atoms with Crippen molar-refractivity contribution in [3.8, 4) is 0 Å². The molecule has 0 saturated carbocycles. The van der Waals surface area contributed by atoms with Crippen molar-refractivity contribution < 1.29 is 23.1 Å². The van der Waals surface area contributed by atoms with Gasteiger partial charge < -0.3 is 21.5 Å². The molecule has 0 saturated heterocycles. The van der Waals surface area contributed by atoms with Crippen molar-refractivity contribution >= 4 is 17.5 Å². The van der Waals surface area contributed by atoms with Crippen molar-refractivity contribution in [2.45, 2.75) is 0 Å². The Bertz CT molecular complexity index is 471. The quantitative estimate of drug-likeness (QED) is 0.492. The van der Waals surface area contributed by atoms with Gasteiger partial charge in [0.2, 0.25) is 5.91 Å². The largest absolute Gasteiger partial charge is 0.394 e. The summed E-state index contributed by atoms with van der Waals surface area (Å²) in [6.45, 7) is -0.144. The molecule has 1 rings (SSSR count). The third-order valence-corrected chi connectivity index (χ3v) is 2.12. The fraction of sp³-hybridized carbons (Fsp3) is 0.273. The lowest BCUT2D eigenvalue weighted by Gasteiger charge is -2.07. The van der Waals surface area contributed by atoms with Crippen LogP contribution >= 0.6 is 0 Å². The maximum Gasteiger partial charge on any atom is 0.251 e. The minimum atomic E-state index is -1.00. The van der Waals surface area contributed by atoms with Crippen molar-refractivity contribution in [3.63, 3.8) is 0 Å². The average molecular weight is 273 g/mol. The first-order chi connectivity index (χ1) is 8.91. The van der Waals surface area contributed by atoms with Gasteiger partial charge in [0.25, 0.3) is 5.91 Å². The SMILES string of the molecule is NC(=O)COCCNC(=O)c1cc(F)c(N)c(F)c1. The molecule has 0 aliphatic rings. The van der Waals surface area contributed by atoms with Crippen LogP contribution in [0.3, 0.4) is 0 Å². The lowest BCUT2D eigenvalue weighted by atomic mass is 10.1. The Labute approximate surface area is 107 Å². The lowest BCUT2D eigenvalue weighted by molar-refractivity contribution is -0.122. The minimum Gasteiger partial charge on any atom is -0.394 e. The number of nitrogens with one attached hydrogen (secondary N) is 1. The number of ether oxygens (including phenoxy) is 1. The van der Waals surface area contributed by atoms with E-state index in [2.05, 4.69) is 5.32 Å². The summed E-state index contributed by atoms with van der Waals surface area (Å²) in [5.41, 5.74) is 9.07. The van der Waals surface area contributed by atoms with Crippen molar-refractivity contribution in [1.82, 2.24) is 5.32 Å². The zero-order valence-corrected chi connectivity index (χ0v) is 9.91. The third kappa shape index (κ3) is 4.51. The molecule has 0 aliphatic carbocycles. The summed E-state index contributed by atoms with van der Waals surface area (Å²) >= 11 is 0. The standard InChI is InChI=1S/C11H13F2N3O3/c12-7-3-6(4-8(13)10(7)15)11(18)16-1-2-19-5-9(14)17/h3-4H,1-2,5,15H2,(H2,14,17)(H,16,18). The van der Waals surface area contributed by atoms with E-state index < -0.39 is 29.1 Å². The first kappa shape index (κ1) is 14.8. The first-order valence-electron chi connectivity index (χ1n) is 5.30. The molecule has 0 unspecified atom stereocenters. The first-order valence-corrected chi connectivity index (χ1v) is 5.30. The van der Waals surface area contributed by atoms with Gasteiger partial charge in [-0.3, -0.25) is 9.59 Å². The van der Waals surface area contributed by atoms with Crippen LogP contribution in [0.5, 0.6) is 0 Å². The number of halogens is 2. The smallest absolute Gasteiger partial charge is 0.251 e. The van der Waals surface area contributed by atoms with Gasteiger partial charge in [-0.2, -0.15) is 0 Å². The molecule has 2 amide bonds. The summed E-state index contributed by atoms with van der Waals surface area (Å²) in [5, 5.41) is 2.36. The normalized spacial score (nSPS) is 10.2. The maximum atomic E-state index is 13.1. The second-order valence-electron chi connectivity index (χ2n) is 3.63. The van der Waals surface area contributed by atoms with E-state index in [-0.39, 0.29) is 25.3 Å². The highest BCUT2D eigenvalue weighted by atomic mass is 19.1. The van der Waals surface area contributed by atoms with Crippen LogP contribution < -0.4 is 16.8 Å². The number of nitrogen functional groups attached to an aromatic ring is 1. The molecule has 0 spiro atoms. The Hall–Kier alpha value is -2.22. The molecule has 0 heterocycles. The van der Waals surface area contributed by atoms with E-state index in [1.165, 1.54) is 0 Å². The van der Waals surface area contributed by atoms with Gasteiger partial charge in [0.15, 0.2) is 0 Å². The number of hydrogen-bond acceptors (Lipinski definition) is 4. The van der Waals surface area contributed by atoms with Crippen LogP contribution in [0.2, 0.25) is 0 Å². The summed E-state index contributed by atoms with van der Waals surface area (Å²) in [5.74, 6) is -3.32. The number of nitrogens with two attached hydrogens (primary N) is 2. The van der Waals surface area contributed by atoms with Crippen LogP contribution in [-0.2, 0) is 9.53 Å². The average Bonchev–Trinajstić information content (AvgIpc) is 2.34. The van der Waals surface area contributed by atoms with Crippen LogP contribution in [0, 0.1) is 11.6 Å². The summed E-state index contributed by atoms with van der Waals surface area (Å²) in [6, 6.07) is 1.66. The number of primary amides is 1. The van der Waals surface area contributed by atoms with E-state index >= 15 is 0 Å². The van der Waals surface area contributed by atoms with Gasteiger partial charge in [-0.25, -0.2) is 8.78 Å². The van der Waals surface area contributed by atoms with Crippen molar-refractivity contribution in [3.05, 3.63) is 29.3 Å². The number of amides is 2. The Balaban J connectivity index is 2.48. The number of carbonyl (C=O) groups excluding carboxylic acids is 2. The summed E-state index contributed by atoms with van der Waals surface area (Å²) in [7, 11) is 0. The highest BCUT2D eigenvalue weighted by molar-refractivity contribution is 5.94. The van der Waals surface area contributed by atoms with Crippen LogP contribution in [0.4, 0.5) is 14.5 Å². The van der Waals surface area contributed by atoms with E-state index in [0.29, 0.717) is 0 Å². The summed E-state index contributed by atoms with van der Waals surface area (Å²) < 4.78 is 31.0. The number of hydrogen-bond donors (Lipinski definition) is 3. The van der Waals surface area contributed by atoms with Crippen LogP contribution in [0.15, 0.2) is 12.1 Å². The van der Waals surface area contributed by atoms with Gasteiger partial charge >= 0.3 is 0 Å². The second-order valence-corrected chi connectivity index (χ2v) is 3.63. The van der Waals surface area contributed by atoms with Gasteiger partial charge in [0, 0.05) is 12.1 Å². The Morgan fingerprint density at radius 2 is 1.84 bits per heavy atom. The molecule has 19 heavy (non-hydrogen) atoms. The molecule has 1 aromatic rings. The topological polar surface area (TPSA) is 107 Å². The predicted molar refractivity (Wildman–Crippen MR) is 63.1 cm³/mol. The van der Waals surface area contributed by atoms with Gasteiger partial charge in [-0.05, 0) is 12.1 Å². The van der Waals surface area contributed by atoms with Crippen molar-refractivity contribution in [2.75, 3.05) is 25.5 Å². The van der Waals surface area contributed by atoms with Crippen molar-refractivity contribution in [2.24, 2.45) is 5.73 Å². The van der Waals surface area contributed by atoms with E-state index in [0.717, 1.165) is 12.1 Å². The molecule has 0 fully saturated rings. The van der Waals surface area contributed by atoms with Gasteiger partial charge in [0.1, 0.15) is 23.9 Å². The molecular formula is C11H13F2N3O3. The van der Waals surface area contributed by atoms with Crippen molar-refractivity contribution in [1.29, 1.82) is 0 Å². The molecule has 104 valence electrons. The molecule has 6 nitrogen and oxygen atoms in total. The maximum absolute atomic E-state index is 13.1.